The molecule has 0 spiro atoms. The van der Waals surface area contributed by atoms with Gasteiger partial charge < -0.3 is 19.3 Å². The molecule has 0 atom stereocenters. The van der Waals surface area contributed by atoms with Crippen molar-refractivity contribution in [3.63, 3.8) is 0 Å². The van der Waals surface area contributed by atoms with Crippen molar-refractivity contribution in [3.05, 3.63) is 35.4 Å². The molecule has 1 aliphatic carbocycles. The van der Waals surface area contributed by atoms with E-state index in [0.29, 0.717) is 49.2 Å². The first-order valence-corrected chi connectivity index (χ1v) is 9.01. The quantitative estimate of drug-likeness (QED) is 0.758. The van der Waals surface area contributed by atoms with E-state index >= 15 is 0 Å². The predicted octanol–water partition coefficient (Wildman–Crippen LogP) is 2.34. The minimum Gasteiger partial charge on any atom is -0.497 e. The molecule has 1 aromatic rings. The van der Waals surface area contributed by atoms with Gasteiger partial charge in [0, 0.05) is 43.9 Å². The van der Waals surface area contributed by atoms with Crippen molar-refractivity contribution in [1.29, 1.82) is 0 Å². The second-order valence-electron chi connectivity index (χ2n) is 6.88. The van der Waals surface area contributed by atoms with Crippen LogP contribution in [0.5, 0.6) is 11.5 Å². The standard InChI is InChI=1S/C20H26N2O4/c1-14(15-4-5-15)10-19(23)21-6-8-22(9-7-21)20(24)16-11-17(25-2)13-18(12-16)26-3/h10-13,15H,4-9H2,1-3H3/b14-10-. The van der Waals surface area contributed by atoms with Gasteiger partial charge in [-0.1, -0.05) is 5.57 Å². The lowest BCUT2D eigenvalue weighted by atomic mass is 10.1. The second kappa shape index (κ2) is 7.81. The summed E-state index contributed by atoms with van der Waals surface area (Å²) in [5.41, 5.74) is 1.71. The fraction of sp³-hybridized carbons (Fsp3) is 0.500. The summed E-state index contributed by atoms with van der Waals surface area (Å²) < 4.78 is 10.5. The molecule has 2 amide bonds. The van der Waals surface area contributed by atoms with Crippen LogP contribution in [0.4, 0.5) is 0 Å². The van der Waals surface area contributed by atoms with Gasteiger partial charge in [-0.3, -0.25) is 9.59 Å². The molecule has 6 heteroatoms. The monoisotopic (exact) mass is 358 g/mol. The molecule has 140 valence electrons. The maximum Gasteiger partial charge on any atom is 0.254 e. The largest absolute Gasteiger partial charge is 0.497 e. The average Bonchev–Trinajstić information content (AvgIpc) is 3.52. The minimum absolute atomic E-state index is 0.0598. The summed E-state index contributed by atoms with van der Waals surface area (Å²) in [6.45, 7) is 4.20. The van der Waals surface area contributed by atoms with E-state index in [4.69, 9.17) is 9.47 Å². The van der Waals surface area contributed by atoms with Crippen LogP contribution in [0, 0.1) is 5.92 Å². The highest BCUT2D eigenvalue weighted by atomic mass is 16.5. The van der Waals surface area contributed by atoms with E-state index in [2.05, 4.69) is 0 Å². The van der Waals surface area contributed by atoms with Crippen molar-refractivity contribution in [1.82, 2.24) is 9.80 Å². The number of amides is 2. The molecule has 1 heterocycles. The zero-order valence-electron chi connectivity index (χ0n) is 15.7. The van der Waals surface area contributed by atoms with Gasteiger partial charge in [-0.25, -0.2) is 0 Å². The van der Waals surface area contributed by atoms with Crippen molar-refractivity contribution in [2.75, 3.05) is 40.4 Å². The van der Waals surface area contributed by atoms with Gasteiger partial charge in [0.05, 0.1) is 14.2 Å². The molecular weight excluding hydrogens is 332 g/mol. The first-order chi connectivity index (χ1) is 12.5. The maximum atomic E-state index is 12.8. The number of piperazine rings is 1. The Bertz CT molecular complexity index is 694. The lowest BCUT2D eigenvalue weighted by Gasteiger charge is -2.34. The van der Waals surface area contributed by atoms with Crippen LogP contribution in [0.15, 0.2) is 29.8 Å². The molecule has 0 unspecified atom stereocenters. The number of rotatable bonds is 5. The fourth-order valence-corrected chi connectivity index (χ4v) is 3.19. The average molecular weight is 358 g/mol. The molecule has 26 heavy (non-hydrogen) atoms. The summed E-state index contributed by atoms with van der Waals surface area (Å²) >= 11 is 0. The van der Waals surface area contributed by atoms with Crippen LogP contribution in [0.3, 0.4) is 0 Å². The third kappa shape index (κ3) is 4.18. The number of ether oxygens (including phenoxy) is 2. The molecule has 1 saturated heterocycles. The van der Waals surface area contributed by atoms with E-state index in [1.807, 2.05) is 11.8 Å². The van der Waals surface area contributed by atoms with E-state index < -0.39 is 0 Å². The van der Waals surface area contributed by atoms with Crippen LogP contribution in [0.25, 0.3) is 0 Å². The van der Waals surface area contributed by atoms with Crippen LogP contribution >= 0.6 is 0 Å². The van der Waals surface area contributed by atoms with Crippen LogP contribution in [0.2, 0.25) is 0 Å². The fourth-order valence-electron chi connectivity index (χ4n) is 3.19. The number of allylic oxidation sites excluding steroid dienone is 1. The molecule has 1 aromatic carbocycles. The van der Waals surface area contributed by atoms with Crippen LogP contribution in [0.1, 0.15) is 30.1 Å². The van der Waals surface area contributed by atoms with Gasteiger partial charge in [-0.15, -0.1) is 0 Å². The van der Waals surface area contributed by atoms with Crippen molar-refractivity contribution in [2.45, 2.75) is 19.8 Å². The Balaban J connectivity index is 1.61. The van der Waals surface area contributed by atoms with Gasteiger partial charge in [0.1, 0.15) is 11.5 Å². The summed E-state index contributed by atoms with van der Waals surface area (Å²) in [4.78, 5) is 28.7. The lowest BCUT2D eigenvalue weighted by Crippen LogP contribution is -2.50. The Morgan fingerprint density at radius 2 is 1.50 bits per heavy atom. The van der Waals surface area contributed by atoms with Crippen molar-refractivity contribution in [3.8, 4) is 11.5 Å². The summed E-state index contributed by atoms with van der Waals surface area (Å²) in [6, 6.07) is 5.16. The molecule has 0 N–H and O–H groups in total. The maximum absolute atomic E-state index is 12.8. The van der Waals surface area contributed by atoms with Gasteiger partial charge in [0.25, 0.3) is 5.91 Å². The van der Waals surface area contributed by atoms with Crippen molar-refractivity contribution in [2.24, 2.45) is 5.92 Å². The molecule has 0 bridgehead atoms. The number of methoxy groups -OCH3 is 2. The van der Waals surface area contributed by atoms with Gasteiger partial charge in [-0.2, -0.15) is 0 Å². The zero-order chi connectivity index (χ0) is 18.7. The summed E-state index contributed by atoms with van der Waals surface area (Å²) in [5, 5.41) is 0. The second-order valence-corrected chi connectivity index (χ2v) is 6.88. The lowest BCUT2D eigenvalue weighted by molar-refractivity contribution is -0.127. The van der Waals surface area contributed by atoms with Gasteiger partial charge >= 0.3 is 0 Å². The zero-order valence-corrected chi connectivity index (χ0v) is 15.7. The SMILES string of the molecule is COc1cc(OC)cc(C(=O)N2CCN(C(=O)/C=C(/C)C3CC3)CC2)c1. The van der Waals surface area contributed by atoms with E-state index in [1.54, 1.807) is 43.4 Å². The number of carbonyl (C=O) groups excluding carboxylic acids is 2. The number of benzene rings is 1. The highest BCUT2D eigenvalue weighted by Gasteiger charge is 2.27. The molecule has 1 saturated carbocycles. The van der Waals surface area contributed by atoms with Gasteiger partial charge in [0.15, 0.2) is 0 Å². The third-order valence-electron chi connectivity index (χ3n) is 5.05. The Labute approximate surface area is 154 Å². The van der Waals surface area contributed by atoms with Crippen molar-refractivity contribution >= 4 is 11.8 Å². The number of hydrogen-bond acceptors (Lipinski definition) is 4. The van der Waals surface area contributed by atoms with Crippen LogP contribution in [-0.4, -0.2) is 62.0 Å². The highest BCUT2D eigenvalue weighted by molar-refractivity contribution is 5.95. The molecule has 2 fully saturated rings. The van der Waals surface area contributed by atoms with Gasteiger partial charge in [0.2, 0.25) is 5.91 Å². The topological polar surface area (TPSA) is 59.1 Å². The predicted molar refractivity (Wildman–Crippen MR) is 98.5 cm³/mol. The van der Waals surface area contributed by atoms with E-state index in [0.717, 1.165) is 0 Å². The molecule has 6 nitrogen and oxygen atoms in total. The Morgan fingerprint density at radius 1 is 0.962 bits per heavy atom. The first-order valence-electron chi connectivity index (χ1n) is 9.01. The van der Waals surface area contributed by atoms with Gasteiger partial charge in [-0.05, 0) is 37.8 Å². The molecular formula is C20H26N2O4. The third-order valence-corrected chi connectivity index (χ3v) is 5.05. The molecule has 3 rings (SSSR count). The smallest absolute Gasteiger partial charge is 0.254 e. The van der Waals surface area contributed by atoms with E-state index in [9.17, 15) is 9.59 Å². The molecule has 0 radical (unpaired) electrons. The minimum atomic E-state index is -0.0704. The van der Waals surface area contributed by atoms with Crippen LogP contribution in [-0.2, 0) is 4.79 Å². The van der Waals surface area contributed by atoms with Crippen LogP contribution < -0.4 is 9.47 Å². The summed E-state index contributed by atoms with van der Waals surface area (Å²) in [7, 11) is 3.12. The number of hydrogen-bond donors (Lipinski definition) is 0. The highest BCUT2D eigenvalue weighted by Crippen LogP contribution is 2.36. The Kier molecular flexibility index (Phi) is 5.49. The first kappa shape index (κ1) is 18.3. The number of nitrogens with zero attached hydrogens (tertiary/aromatic N) is 2. The molecule has 1 aliphatic heterocycles. The Hall–Kier alpha value is -2.50. The summed E-state index contributed by atoms with van der Waals surface area (Å²) in [5.74, 6) is 1.76. The normalized spacial score (nSPS) is 17.9. The van der Waals surface area contributed by atoms with Crippen molar-refractivity contribution < 1.29 is 19.1 Å². The summed E-state index contributed by atoms with van der Waals surface area (Å²) in [6.07, 6.45) is 4.16. The molecule has 2 aliphatic rings. The Morgan fingerprint density at radius 3 is 2.00 bits per heavy atom. The molecule has 0 aromatic heterocycles. The van der Waals surface area contributed by atoms with E-state index in [1.165, 1.54) is 18.4 Å². The number of carbonyl (C=O) groups is 2. The van der Waals surface area contributed by atoms with E-state index in [-0.39, 0.29) is 11.8 Å².